The van der Waals surface area contributed by atoms with E-state index < -0.39 is 0 Å². The molecule has 0 amide bonds. The van der Waals surface area contributed by atoms with Gasteiger partial charge in [0, 0.05) is 5.70 Å². The van der Waals surface area contributed by atoms with Gasteiger partial charge in [-0.05, 0) is 25.5 Å². The molecule has 0 fully saturated rings. The predicted octanol–water partition coefficient (Wildman–Crippen LogP) is 2.52. The van der Waals surface area contributed by atoms with Crippen molar-refractivity contribution in [2.24, 2.45) is 0 Å². The number of nitrogens with zero attached hydrogens (tertiary/aromatic N) is 1. The van der Waals surface area contributed by atoms with Gasteiger partial charge in [-0.1, -0.05) is 25.7 Å². The van der Waals surface area contributed by atoms with Crippen molar-refractivity contribution in [2.75, 3.05) is 0 Å². The average Bonchev–Trinajstić information content (AvgIpc) is 2.14. The second-order valence-electron chi connectivity index (χ2n) is 2.59. The lowest BCUT2D eigenvalue weighted by Gasteiger charge is -2.10. The van der Waals surface area contributed by atoms with E-state index in [0.717, 1.165) is 12.1 Å². The van der Waals surface area contributed by atoms with Gasteiger partial charge in [0.15, 0.2) is 0 Å². The Bertz CT molecular complexity index is 243. The van der Waals surface area contributed by atoms with E-state index in [1.54, 1.807) is 6.08 Å². The lowest BCUT2D eigenvalue weighted by Crippen LogP contribution is -2.25. The third kappa shape index (κ3) is 4.86. The predicted molar refractivity (Wildman–Crippen MR) is 55.9 cm³/mol. The molecule has 0 radical (unpaired) electrons. The van der Waals surface area contributed by atoms with Crippen LogP contribution >= 0.6 is 0 Å². The Morgan fingerprint density at radius 3 is 2.77 bits per heavy atom. The number of hydrogen-bond donors (Lipinski definition) is 1. The number of hydrogen-bond acceptors (Lipinski definition) is 2. The number of nitrogens with one attached hydrogen (secondary N) is 1. The highest BCUT2D eigenvalue weighted by Crippen LogP contribution is 1.98. The summed E-state index contributed by atoms with van der Waals surface area (Å²) in [4.78, 5) is 0. The van der Waals surface area contributed by atoms with E-state index in [9.17, 15) is 0 Å². The van der Waals surface area contributed by atoms with Crippen molar-refractivity contribution in [3.05, 3.63) is 36.6 Å². The van der Waals surface area contributed by atoms with Crippen molar-refractivity contribution >= 4 is 0 Å². The molecule has 1 N–H and O–H groups in total. The largest absolute Gasteiger partial charge is 0.370 e. The minimum absolute atomic E-state index is 0.123. The molecule has 0 aromatic carbocycles. The third-order valence-electron chi connectivity index (χ3n) is 1.55. The molecule has 2 nitrogen and oxygen atoms in total. The Hall–Kier alpha value is -1.49. The van der Waals surface area contributed by atoms with Crippen LogP contribution in [0.5, 0.6) is 0 Å². The summed E-state index contributed by atoms with van der Waals surface area (Å²) in [7, 11) is 0. The highest BCUT2D eigenvalue weighted by Gasteiger charge is 2.02. The molecule has 0 heterocycles. The van der Waals surface area contributed by atoms with Gasteiger partial charge in [-0.25, -0.2) is 0 Å². The fraction of sp³-hybridized carbons (Fsp3) is 0.364. The first-order chi connectivity index (χ1) is 6.28. The lowest BCUT2D eigenvalue weighted by atomic mass is 10.2. The molecule has 0 aromatic rings. The first-order valence-electron chi connectivity index (χ1n) is 4.40. The summed E-state index contributed by atoms with van der Waals surface area (Å²) in [5.41, 5.74) is 0.922. The summed E-state index contributed by atoms with van der Waals surface area (Å²) in [6, 6.07) is 2.06. The number of rotatable bonds is 5. The molecule has 0 bridgehead atoms. The van der Waals surface area contributed by atoms with Crippen LogP contribution in [0, 0.1) is 11.3 Å². The second kappa shape index (κ2) is 7.17. The van der Waals surface area contributed by atoms with Gasteiger partial charge in [0.2, 0.25) is 0 Å². The van der Waals surface area contributed by atoms with Crippen molar-refractivity contribution in [2.45, 2.75) is 26.3 Å². The summed E-state index contributed by atoms with van der Waals surface area (Å²) in [6.07, 6.45) is 8.18. The average molecular weight is 176 g/mol. The van der Waals surface area contributed by atoms with Crippen molar-refractivity contribution in [3.8, 4) is 6.07 Å². The Morgan fingerprint density at radius 1 is 1.69 bits per heavy atom. The Labute approximate surface area is 80.3 Å². The zero-order chi connectivity index (χ0) is 10.1. The quantitative estimate of drug-likeness (QED) is 0.653. The summed E-state index contributed by atoms with van der Waals surface area (Å²) in [5, 5.41) is 11.8. The molecule has 0 aliphatic rings. The van der Waals surface area contributed by atoms with E-state index in [1.165, 1.54) is 0 Å². The van der Waals surface area contributed by atoms with Gasteiger partial charge in [0.1, 0.15) is 6.04 Å². The highest BCUT2D eigenvalue weighted by atomic mass is 14.9. The zero-order valence-corrected chi connectivity index (χ0v) is 8.25. The second-order valence-corrected chi connectivity index (χ2v) is 2.59. The standard InChI is InChI=1S/C11H16N2/c1-4-7-11(8-5-2)13-10(6-3)9-12/h4-5,7-8,10,13H,1,6H2,2-3H3/b8-5-,11-7+. The maximum absolute atomic E-state index is 8.72. The SMILES string of the molecule is C=C/C=C(\C=C/C)NC(C#N)CC. The summed E-state index contributed by atoms with van der Waals surface area (Å²) in [5.74, 6) is 0. The summed E-state index contributed by atoms with van der Waals surface area (Å²) >= 11 is 0. The number of allylic oxidation sites excluding steroid dienone is 4. The van der Waals surface area contributed by atoms with Gasteiger partial charge in [-0.15, -0.1) is 0 Å². The molecular formula is C11H16N2. The first-order valence-corrected chi connectivity index (χ1v) is 4.40. The van der Waals surface area contributed by atoms with Crippen molar-refractivity contribution < 1.29 is 0 Å². The molecule has 0 aromatic heterocycles. The van der Waals surface area contributed by atoms with Crippen LogP contribution in [0.15, 0.2) is 36.6 Å². The molecule has 0 rings (SSSR count). The smallest absolute Gasteiger partial charge is 0.114 e. The first kappa shape index (κ1) is 11.5. The van der Waals surface area contributed by atoms with Crippen molar-refractivity contribution in [1.29, 1.82) is 5.26 Å². The number of nitriles is 1. The molecule has 2 heteroatoms. The van der Waals surface area contributed by atoms with Crippen LogP contribution in [0.3, 0.4) is 0 Å². The van der Waals surface area contributed by atoms with Crippen molar-refractivity contribution in [3.63, 3.8) is 0 Å². The molecule has 13 heavy (non-hydrogen) atoms. The zero-order valence-electron chi connectivity index (χ0n) is 8.25. The minimum Gasteiger partial charge on any atom is -0.370 e. The third-order valence-corrected chi connectivity index (χ3v) is 1.55. The van der Waals surface area contributed by atoms with E-state index in [4.69, 9.17) is 5.26 Å². The van der Waals surface area contributed by atoms with Crippen LogP contribution in [0.1, 0.15) is 20.3 Å². The van der Waals surface area contributed by atoms with Gasteiger partial charge < -0.3 is 5.32 Å². The van der Waals surface area contributed by atoms with E-state index in [1.807, 2.05) is 32.1 Å². The summed E-state index contributed by atoms with van der Waals surface area (Å²) in [6.45, 7) is 7.52. The molecular weight excluding hydrogens is 160 g/mol. The van der Waals surface area contributed by atoms with Crippen LogP contribution in [0.2, 0.25) is 0 Å². The van der Waals surface area contributed by atoms with Crippen LogP contribution in [0.25, 0.3) is 0 Å². The monoisotopic (exact) mass is 176 g/mol. The van der Waals surface area contributed by atoms with Crippen LogP contribution in [-0.2, 0) is 0 Å². The van der Waals surface area contributed by atoms with E-state index in [2.05, 4.69) is 18.0 Å². The van der Waals surface area contributed by atoms with E-state index in [-0.39, 0.29) is 6.04 Å². The Balaban J connectivity index is 4.34. The van der Waals surface area contributed by atoms with Gasteiger partial charge in [-0.3, -0.25) is 0 Å². The van der Waals surface area contributed by atoms with Crippen LogP contribution in [0.4, 0.5) is 0 Å². The lowest BCUT2D eigenvalue weighted by molar-refractivity contribution is 0.670. The normalized spacial score (nSPS) is 13.8. The van der Waals surface area contributed by atoms with Gasteiger partial charge in [-0.2, -0.15) is 5.26 Å². The summed E-state index contributed by atoms with van der Waals surface area (Å²) < 4.78 is 0. The molecule has 1 unspecified atom stereocenters. The van der Waals surface area contributed by atoms with Gasteiger partial charge in [0.25, 0.3) is 0 Å². The fourth-order valence-corrected chi connectivity index (χ4v) is 0.885. The molecule has 70 valence electrons. The van der Waals surface area contributed by atoms with Crippen LogP contribution < -0.4 is 5.32 Å². The maximum Gasteiger partial charge on any atom is 0.114 e. The van der Waals surface area contributed by atoms with Gasteiger partial charge >= 0.3 is 0 Å². The molecule has 0 aliphatic carbocycles. The van der Waals surface area contributed by atoms with Crippen molar-refractivity contribution in [1.82, 2.24) is 5.32 Å². The molecule has 0 saturated carbocycles. The molecule has 0 saturated heterocycles. The van der Waals surface area contributed by atoms with E-state index >= 15 is 0 Å². The van der Waals surface area contributed by atoms with E-state index in [0.29, 0.717) is 0 Å². The molecule has 0 aliphatic heterocycles. The Morgan fingerprint density at radius 2 is 2.38 bits per heavy atom. The Kier molecular flexibility index (Phi) is 6.35. The van der Waals surface area contributed by atoms with Gasteiger partial charge in [0.05, 0.1) is 6.07 Å². The molecule has 1 atom stereocenters. The fourth-order valence-electron chi connectivity index (χ4n) is 0.885. The minimum atomic E-state index is -0.123. The molecule has 0 spiro atoms. The van der Waals surface area contributed by atoms with Crippen LogP contribution in [-0.4, -0.2) is 6.04 Å². The topological polar surface area (TPSA) is 35.8 Å². The maximum atomic E-state index is 8.72. The highest BCUT2D eigenvalue weighted by molar-refractivity contribution is 5.22.